The van der Waals surface area contributed by atoms with Gasteiger partial charge in [0.15, 0.2) is 0 Å². The highest BCUT2D eigenvalue weighted by molar-refractivity contribution is 8.02. The van der Waals surface area contributed by atoms with Crippen LogP contribution in [-0.4, -0.2) is 31.0 Å². The summed E-state index contributed by atoms with van der Waals surface area (Å²) in [6.45, 7) is 6.00. The standard InChI is InChI=1S/C2H4.CH4O6S2/c1-2;2-8(3,4)1-9(5,6)7/h1-2H2;1H2,(H,2,3,4)(H,5,6,7). The molecule has 0 amide bonds. The fourth-order valence-corrected chi connectivity index (χ4v) is 1.69. The Morgan fingerprint density at radius 1 is 0.909 bits per heavy atom. The Morgan fingerprint density at radius 2 is 1.09 bits per heavy atom. The van der Waals surface area contributed by atoms with E-state index in [-0.39, 0.29) is 0 Å². The van der Waals surface area contributed by atoms with Crippen LogP contribution in [0.15, 0.2) is 13.2 Å². The Morgan fingerprint density at radius 3 is 1.09 bits per heavy atom. The molecule has 0 aromatic carbocycles. The topological polar surface area (TPSA) is 109 Å². The lowest BCUT2D eigenvalue weighted by Gasteiger charge is -1.89. The minimum absolute atomic E-state index is 1.65. The van der Waals surface area contributed by atoms with Crippen molar-refractivity contribution in [2.24, 2.45) is 0 Å². The van der Waals surface area contributed by atoms with Crippen LogP contribution in [0.3, 0.4) is 0 Å². The average molecular weight is 204 g/mol. The number of hydrogen-bond acceptors (Lipinski definition) is 4. The van der Waals surface area contributed by atoms with Gasteiger partial charge in [-0.3, -0.25) is 9.11 Å². The molecule has 0 aromatic rings. The molecule has 0 aliphatic carbocycles. The van der Waals surface area contributed by atoms with Crippen LogP contribution in [0, 0.1) is 0 Å². The van der Waals surface area contributed by atoms with Crippen molar-refractivity contribution < 1.29 is 25.9 Å². The van der Waals surface area contributed by atoms with Gasteiger partial charge in [-0.2, -0.15) is 16.8 Å². The molecule has 0 aromatic heterocycles. The van der Waals surface area contributed by atoms with E-state index in [2.05, 4.69) is 13.2 Å². The molecule has 8 heteroatoms. The van der Waals surface area contributed by atoms with Gasteiger partial charge in [-0.1, -0.05) is 0 Å². The highest BCUT2D eigenvalue weighted by Crippen LogP contribution is 1.88. The first-order valence-corrected chi connectivity index (χ1v) is 5.33. The molecule has 2 N–H and O–H groups in total. The van der Waals surface area contributed by atoms with Gasteiger partial charge in [0.1, 0.15) is 0 Å². The summed E-state index contributed by atoms with van der Waals surface area (Å²) in [6, 6.07) is 0. The molecule has 0 saturated carbocycles. The smallest absolute Gasteiger partial charge is 0.281 e. The van der Waals surface area contributed by atoms with E-state index in [1.54, 1.807) is 0 Å². The van der Waals surface area contributed by atoms with Gasteiger partial charge in [0.2, 0.25) is 5.08 Å². The summed E-state index contributed by atoms with van der Waals surface area (Å²) < 4.78 is 54.2. The number of rotatable bonds is 2. The summed E-state index contributed by atoms with van der Waals surface area (Å²) in [5.74, 6) is 0. The van der Waals surface area contributed by atoms with Crippen LogP contribution in [0.1, 0.15) is 0 Å². The van der Waals surface area contributed by atoms with E-state index in [1.807, 2.05) is 0 Å². The first-order chi connectivity index (χ1) is 4.71. The second-order valence-electron chi connectivity index (χ2n) is 1.28. The minimum atomic E-state index is -4.62. The molecule has 0 radical (unpaired) electrons. The van der Waals surface area contributed by atoms with Crippen molar-refractivity contribution in [1.29, 1.82) is 0 Å². The molecule has 0 aliphatic rings. The summed E-state index contributed by atoms with van der Waals surface area (Å²) in [4.78, 5) is 0. The average Bonchev–Trinajstić information content (AvgIpc) is 1.60. The van der Waals surface area contributed by atoms with Crippen molar-refractivity contribution in [2.75, 3.05) is 5.08 Å². The lowest BCUT2D eigenvalue weighted by molar-refractivity contribution is 0.471. The molecule has 0 fully saturated rings. The van der Waals surface area contributed by atoms with Gasteiger partial charge in [-0.05, 0) is 0 Å². The summed E-state index contributed by atoms with van der Waals surface area (Å²) >= 11 is 0. The Labute approximate surface area is 65.0 Å². The monoisotopic (exact) mass is 204 g/mol. The normalized spacial score (nSPS) is 11.5. The summed E-state index contributed by atoms with van der Waals surface area (Å²) in [7, 11) is -9.24. The van der Waals surface area contributed by atoms with Crippen LogP contribution >= 0.6 is 0 Å². The molecule has 11 heavy (non-hydrogen) atoms. The van der Waals surface area contributed by atoms with Crippen LogP contribution in [0.25, 0.3) is 0 Å². The Kier molecular flexibility index (Phi) is 5.32. The van der Waals surface area contributed by atoms with Crippen molar-refractivity contribution in [1.82, 2.24) is 0 Å². The molecule has 0 bridgehead atoms. The maximum Gasteiger partial charge on any atom is 0.281 e. The molecule has 0 rings (SSSR count). The van der Waals surface area contributed by atoms with Crippen molar-refractivity contribution >= 4 is 20.2 Å². The van der Waals surface area contributed by atoms with Gasteiger partial charge in [-0.25, -0.2) is 0 Å². The van der Waals surface area contributed by atoms with Crippen LogP contribution in [0.2, 0.25) is 0 Å². The fraction of sp³-hybridized carbons (Fsp3) is 0.333. The maximum atomic E-state index is 9.66. The predicted molar refractivity (Wildman–Crippen MR) is 39.2 cm³/mol. The van der Waals surface area contributed by atoms with Crippen LogP contribution in [-0.2, 0) is 20.2 Å². The van der Waals surface area contributed by atoms with Gasteiger partial charge < -0.3 is 0 Å². The van der Waals surface area contributed by atoms with E-state index < -0.39 is 25.3 Å². The van der Waals surface area contributed by atoms with Gasteiger partial charge in [0.05, 0.1) is 0 Å². The predicted octanol–water partition coefficient (Wildman–Crippen LogP) is -0.478. The third-order valence-electron chi connectivity index (χ3n) is 0.298. The molecule has 0 spiro atoms. The van der Waals surface area contributed by atoms with Crippen molar-refractivity contribution in [2.45, 2.75) is 0 Å². The van der Waals surface area contributed by atoms with Crippen LogP contribution < -0.4 is 0 Å². The molecular weight excluding hydrogens is 196 g/mol. The van der Waals surface area contributed by atoms with Gasteiger partial charge in [-0.15, -0.1) is 13.2 Å². The third kappa shape index (κ3) is 17.7. The van der Waals surface area contributed by atoms with Gasteiger partial charge >= 0.3 is 0 Å². The maximum absolute atomic E-state index is 9.66. The van der Waals surface area contributed by atoms with Crippen molar-refractivity contribution in [3.05, 3.63) is 13.2 Å². The summed E-state index contributed by atoms with van der Waals surface area (Å²) in [5, 5.41) is -1.65. The summed E-state index contributed by atoms with van der Waals surface area (Å²) in [5.41, 5.74) is 0. The minimum Gasteiger partial charge on any atom is -0.285 e. The van der Waals surface area contributed by atoms with Crippen LogP contribution in [0.5, 0.6) is 0 Å². The van der Waals surface area contributed by atoms with E-state index in [0.717, 1.165) is 0 Å². The highest BCUT2D eigenvalue weighted by atomic mass is 32.3. The second-order valence-corrected chi connectivity index (χ2v) is 4.55. The Bertz CT molecular complexity index is 254. The first kappa shape index (κ1) is 13.2. The zero-order valence-corrected chi connectivity index (χ0v) is 7.10. The van der Waals surface area contributed by atoms with E-state index in [1.165, 1.54) is 0 Å². The highest BCUT2D eigenvalue weighted by Gasteiger charge is 2.15. The lowest BCUT2D eigenvalue weighted by Crippen LogP contribution is -2.13. The first-order valence-electron chi connectivity index (χ1n) is 2.11. The SMILES string of the molecule is C=C.O=S(=O)(O)CS(=O)(=O)O. The van der Waals surface area contributed by atoms with Crippen molar-refractivity contribution in [3.8, 4) is 0 Å². The number of hydrogen-bond donors (Lipinski definition) is 2. The second kappa shape index (κ2) is 4.44. The molecule has 68 valence electrons. The lowest BCUT2D eigenvalue weighted by atomic mass is 11.3. The summed E-state index contributed by atoms with van der Waals surface area (Å²) in [6.07, 6.45) is 0. The van der Waals surface area contributed by atoms with E-state index in [9.17, 15) is 16.8 Å². The third-order valence-corrected chi connectivity index (χ3v) is 2.68. The molecule has 6 nitrogen and oxygen atoms in total. The van der Waals surface area contributed by atoms with Gasteiger partial charge in [0.25, 0.3) is 20.2 Å². The molecule has 0 heterocycles. The zero-order chi connectivity index (χ0) is 9.71. The van der Waals surface area contributed by atoms with E-state index >= 15 is 0 Å². The Hall–Kier alpha value is -0.440. The van der Waals surface area contributed by atoms with E-state index in [4.69, 9.17) is 9.11 Å². The molecule has 0 atom stereocenters. The molecule has 0 unspecified atom stereocenters. The zero-order valence-electron chi connectivity index (χ0n) is 5.47. The van der Waals surface area contributed by atoms with Crippen molar-refractivity contribution in [3.63, 3.8) is 0 Å². The molecular formula is C3H8O6S2. The quantitative estimate of drug-likeness (QED) is 0.464. The van der Waals surface area contributed by atoms with Crippen LogP contribution in [0.4, 0.5) is 0 Å². The molecule has 0 aliphatic heterocycles. The largest absolute Gasteiger partial charge is 0.285 e. The van der Waals surface area contributed by atoms with E-state index in [0.29, 0.717) is 0 Å². The fourth-order valence-electron chi connectivity index (χ4n) is 0.188. The Balaban J connectivity index is 0. The molecule has 0 saturated heterocycles. The van der Waals surface area contributed by atoms with Gasteiger partial charge in [0, 0.05) is 0 Å².